The minimum Gasteiger partial charge on any atom is -0.485 e. The maximum absolute atomic E-state index is 14.5. The summed E-state index contributed by atoms with van der Waals surface area (Å²) in [6.45, 7) is 6.22. The van der Waals surface area contributed by atoms with Gasteiger partial charge in [0.25, 0.3) is 0 Å². The Morgan fingerprint density at radius 1 is 1.03 bits per heavy atom. The molecule has 31 heavy (non-hydrogen) atoms. The van der Waals surface area contributed by atoms with Gasteiger partial charge in [0.1, 0.15) is 6.61 Å². The average Bonchev–Trinajstić information content (AvgIpc) is 3.14. The van der Waals surface area contributed by atoms with Crippen LogP contribution in [0.15, 0.2) is 42.5 Å². The van der Waals surface area contributed by atoms with Gasteiger partial charge in [0.15, 0.2) is 11.6 Å². The van der Waals surface area contributed by atoms with Crippen molar-refractivity contribution in [2.24, 2.45) is 0 Å². The van der Waals surface area contributed by atoms with Crippen molar-refractivity contribution in [2.75, 3.05) is 6.61 Å². The van der Waals surface area contributed by atoms with Crippen LogP contribution in [-0.2, 0) is 29.0 Å². The van der Waals surface area contributed by atoms with Crippen LogP contribution < -0.4 is 4.74 Å². The Hall–Kier alpha value is -2.73. The number of aryl methyl sites for hydroxylation is 3. The molecular weight excluding hydrogens is 418 g/mol. The highest BCUT2D eigenvalue weighted by atomic mass is 32.1. The SMILES string of the molecule is CCOC(=O)CCc1ccc(OCc2sc(C)cc2-c2ccc(CC)cc2)c(F)c1F. The maximum atomic E-state index is 14.5. The van der Waals surface area contributed by atoms with E-state index in [1.807, 2.05) is 6.92 Å². The minimum absolute atomic E-state index is 0.000935. The fourth-order valence-corrected chi connectivity index (χ4v) is 4.29. The van der Waals surface area contributed by atoms with E-state index in [4.69, 9.17) is 9.47 Å². The molecule has 0 fully saturated rings. The lowest BCUT2D eigenvalue weighted by Crippen LogP contribution is -2.07. The van der Waals surface area contributed by atoms with Crippen LogP contribution in [-0.4, -0.2) is 12.6 Å². The molecule has 6 heteroatoms. The Bertz CT molecular complexity index is 1040. The summed E-state index contributed by atoms with van der Waals surface area (Å²) in [6.07, 6.45) is 1.04. The fraction of sp³-hybridized carbons (Fsp3) is 0.320. The number of halogens is 2. The van der Waals surface area contributed by atoms with Gasteiger partial charge in [-0.2, -0.15) is 4.39 Å². The van der Waals surface area contributed by atoms with Crippen LogP contribution in [0, 0.1) is 18.6 Å². The van der Waals surface area contributed by atoms with Gasteiger partial charge in [-0.25, -0.2) is 4.39 Å². The lowest BCUT2D eigenvalue weighted by atomic mass is 10.0. The Labute approximate surface area is 185 Å². The third-order valence-corrected chi connectivity index (χ3v) is 6.02. The highest BCUT2D eigenvalue weighted by Gasteiger charge is 2.17. The molecule has 0 atom stereocenters. The summed E-state index contributed by atoms with van der Waals surface area (Å²) >= 11 is 1.57. The zero-order valence-corrected chi connectivity index (χ0v) is 18.8. The van der Waals surface area contributed by atoms with Gasteiger partial charge >= 0.3 is 5.97 Å². The molecule has 0 amide bonds. The molecule has 2 aromatic carbocycles. The topological polar surface area (TPSA) is 35.5 Å². The van der Waals surface area contributed by atoms with E-state index < -0.39 is 17.6 Å². The number of thiophene rings is 1. The molecule has 0 N–H and O–H groups in total. The van der Waals surface area contributed by atoms with E-state index in [0.29, 0.717) is 0 Å². The number of ether oxygens (including phenoxy) is 2. The van der Waals surface area contributed by atoms with Gasteiger partial charge in [-0.1, -0.05) is 37.3 Å². The summed E-state index contributed by atoms with van der Waals surface area (Å²) < 4.78 is 39.5. The van der Waals surface area contributed by atoms with Gasteiger partial charge in [0, 0.05) is 11.3 Å². The molecule has 1 heterocycles. The molecule has 0 aliphatic rings. The van der Waals surface area contributed by atoms with Gasteiger partial charge in [-0.3, -0.25) is 4.79 Å². The van der Waals surface area contributed by atoms with Crippen molar-refractivity contribution in [3.05, 3.63) is 75.0 Å². The van der Waals surface area contributed by atoms with Crippen molar-refractivity contribution >= 4 is 17.3 Å². The first-order chi connectivity index (χ1) is 14.9. The lowest BCUT2D eigenvalue weighted by Gasteiger charge is -2.11. The Morgan fingerprint density at radius 3 is 2.45 bits per heavy atom. The average molecular weight is 445 g/mol. The molecule has 1 aromatic heterocycles. The summed E-state index contributed by atoms with van der Waals surface area (Å²) in [4.78, 5) is 13.5. The second-order valence-electron chi connectivity index (χ2n) is 7.19. The highest BCUT2D eigenvalue weighted by Crippen LogP contribution is 2.33. The summed E-state index contributed by atoms with van der Waals surface area (Å²) in [7, 11) is 0. The monoisotopic (exact) mass is 444 g/mol. The van der Waals surface area contributed by atoms with Crippen molar-refractivity contribution in [1.82, 2.24) is 0 Å². The molecular formula is C25H26F2O3S. The standard InChI is InChI=1S/C25H26F2O3S/c1-4-17-6-8-18(9-7-17)20-14-16(3)31-22(20)15-30-21-12-10-19(24(26)25(21)27)11-13-23(28)29-5-2/h6-10,12,14H,4-5,11,13,15H2,1-3H3. The number of carbonyl (C=O) groups is 1. The minimum atomic E-state index is -1.04. The van der Waals surface area contributed by atoms with Crippen molar-refractivity contribution < 1.29 is 23.0 Å². The van der Waals surface area contributed by atoms with E-state index in [1.165, 1.54) is 17.7 Å². The van der Waals surface area contributed by atoms with Crippen LogP contribution >= 0.6 is 11.3 Å². The van der Waals surface area contributed by atoms with Crippen LogP contribution in [0.25, 0.3) is 11.1 Å². The normalized spacial score (nSPS) is 10.9. The maximum Gasteiger partial charge on any atom is 0.306 e. The Morgan fingerprint density at radius 2 is 1.77 bits per heavy atom. The number of benzene rings is 2. The number of carbonyl (C=O) groups excluding carboxylic acids is 1. The molecule has 3 rings (SSSR count). The van der Waals surface area contributed by atoms with Crippen LogP contribution in [0.1, 0.15) is 41.1 Å². The predicted octanol–water partition coefficient (Wildman–Crippen LogP) is 6.64. The second-order valence-corrected chi connectivity index (χ2v) is 8.53. The number of hydrogen-bond donors (Lipinski definition) is 0. The van der Waals surface area contributed by atoms with E-state index in [2.05, 4.69) is 37.3 Å². The molecule has 3 nitrogen and oxygen atoms in total. The third kappa shape index (κ3) is 5.70. The molecule has 0 saturated carbocycles. The zero-order chi connectivity index (χ0) is 22.4. The van der Waals surface area contributed by atoms with Crippen molar-refractivity contribution in [1.29, 1.82) is 0 Å². The Kier molecular flexibility index (Phi) is 7.80. The number of hydrogen-bond acceptors (Lipinski definition) is 4. The summed E-state index contributed by atoms with van der Waals surface area (Å²) in [5, 5.41) is 0. The molecule has 0 bridgehead atoms. The second kappa shape index (κ2) is 10.5. The van der Waals surface area contributed by atoms with Crippen molar-refractivity contribution in [3.63, 3.8) is 0 Å². The zero-order valence-electron chi connectivity index (χ0n) is 18.0. The third-order valence-electron chi connectivity index (χ3n) is 4.99. The molecule has 0 unspecified atom stereocenters. The molecule has 0 spiro atoms. The van der Waals surface area contributed by atoms with E-state index in [0.717, 1.165) is 27.3 Å². The highest BCUT2D eigenvalue weighted by molar-refractivity contribution is 7.12. The predicted molar refractivity (Wildman–Crippen MR) is 120 cm³/mol. The fourth-order valence-electron chi connectivity index (χ4n) is 3.32. The van der Waals surface area contributed by atoms with Gasteiger partial charge < -0.3 is 9.47 Å². The molecule has 0 aliphatic heterocycles. The van der Waals surface area contributed by atoms with Crippen LogP contribution in [0.4, 0.5) is 8.78 Å². The van der Waals surface area contributed by atoms with Gasteiger partial charge in [0.05, 0.1) is 11.5 Å². The molecule has 0 aliphatic carbocycles. The van der Waals surface area contributed by atoms with E-state index in [1.54, 1.807) is 18.3 Å². The quantitative estimate of drug-likeness (QED) is 0.347. The molecule has 0 saturated heterocycles. The van der Waals surface area contributed by atoms with E-state index in [-0.39, 0.29) is 37.4 Å². The first-order valence-corrected chi connectivity index (χ1v) is 11.2. The Balaban J connectivity index is 1.73. The van der Waals surface area contributed by atoms with Crippen LogP contribution in [0.2, 0.25) is 0 Å². The largest absolute Gasteiger partial charge is 0.485 e. The first kappa shape index (κ1) is 22.9. The van der Waals surface area contributed by atoms with Crippen molar-refractivity contribution in [3.8, 4) is 16.9 Å². The van der Waals surface area contributed by atoms with Crippen LogP contribution in [0.5, 0.6) is 5.75 Å². The van der Waals surface area contributed by atoms with Gasteiger partial charge in [-0.15, -0.1) is 11.3 Å². The van der Waals surface area contributed by atoms with E-state index >= 15 is 0 Å². The van der Waals surface area contributed by atoms with Crippen molar-refractivity contribution in [2.45, 2.75) is 46.6 Å². The smallest absolute Gasteiger partial charge is 0.306 e. The van der Waals surface area contributed by atoms with E-state index in [9.17, 15) is 13.6 Å². The molecule has 164 valence electrons. The molecule has 3 aromatic rings. The summed E-state index contributed by atoms with van der Waals surface area (Å²) in [5.74, 6) is -2.60. The summed E-state index contributed by atoms with van der Waals surface area (Å²) in [5.41, 5.74) is 3.49. The number of rotatable bonds is 9. The lowest BCUT2D eigenvalue weighted by molar-refractivity contribution is -0.143. The summed E-state index contributed by atoms with van der Waals surface area (Å²) in [6, 6.07) is 13.3. The molecule has 0 radical (unpaired) electrons. The van der Waals surface area contributed by atoms with Gasteiger partial charge in [-0.05, 0) is 61.1 Å². The van der Waals surface area contributed by atoms with Crippen LogP contribution in [0.3, 0.4) is 0 Å². The number of esters is 1. The van der Waals surface area contributed by atoms with Gasteiger partial charge in [0.2, 0.25) is 5.82 Å². The first-order valence-electron chi connectivity index (χ1n) is 10.4.